The Labute approximate surface area is 150 Å². The highest BCUT2D eigenvalue weighted by atomic mass is 79.9. The first-order valence-corrected chi connectivity index (χ1v) is 8.04. The van der Waals surface area contributed by atoms with E-state index in [0.29, 0.717) is 22.3 Å². The molecule has 3 aromatic rings. The van der Waals surface area contributed by atoms with Crippen LogP contribution in [0.3, 0.4) is 0 Å². The van der Waals surface area contributed by atoms with Crippen LogP contribution in [0.5, 0.6) is 11.5 Å². The molecule has 0 aliphatic rings. The molecule has 1 aromatic heterocycles. The lowest BCUT2D eigenvalue weighted by molar-refractivity contribution is -0.0495. The van der Waals surface area contributed by atoms with Crippen molar-refractivity contribution < 1.29 is 22.7 Å². The van der Waals surface area contributed by atoms with E-state index in [2.05, 4.69) is 30.9 Å². The number of nitrogens with zero attached hydrogens (tertiary/aromatic N) is 2. The molecule has 1 heterocycles. The monoisotopic (exact) mass is 410 g/mol. The molecule has 0 radical (unpaired) electrons. The fourth-order valence-corrected chi connectivity index (χ4v) is 2.58. The van der Waals surface area contributed by atoms with Crippen LogP contribution in [0.15, 0.2) is 51.4 Å². The molecule has 0 saturated heterocycles. The molecule has 0 aliphatic heterocycles. The molecular weight excluding hydrogens is 398 g/mol. The zero-order valence-electron chi connectivity index (χ0n) is 13.1. The first kappa shape index (κ1) is 17.3. The standard InChI is InChI=1S/C17H13BrF2N2O3/c1-23-12-5-2-10(3-6-12)8-15-21-22-16(25-15)13-9-11(18)4-7-14(13)24-17(19)20/h2-7,9,17H,8H2,1H3. The van der Waals surface area contributed by atoms with Crippen molar-refractivity contribution in [2.45, 2.75) is 13.0 Å². The average Bonchev–Trinajstić information content (AvgIpc) is 3.05. The van der Waals surface area contributed by atoms with Crippen LogP contribution in [-0.4, -0.2) is 23.9 Å². The van der Waals surface area contributed by atoms with Crippen molar-refractivity contribution in [3.05, 3.63) is 58.4 Å². The Kier molecular flexibility index (Phi) is 5.28. The smallest absolute Gasteiger partial charge is 0.387 e. The van der Waals surface area contributed by atoms with E-state index in [0.717, 1.165) is 11.3 Å². The van der Waals surface area contributed by atoms with Gasteiger partial charge in [-0.3, -0.25) is 0 Å². The molecule has 0 unspecified atom stereocenters. The number of ether oxygens (including phenoxy) is 2. The van der Waals surface area contributed by atoms with E-state index in [-0.39, 0.29) is 11.6 Å². The molecule has 8 heteroatoms. The van der Waals surface area contributed by atoms with Gasteiger partial charge in [-0.1, -0.05) is 28.1 Å². The highest BCUT2D eigenvalue weighted by Gasteiger charge is 2.17. The molecule has 0 spiro atoms. The minimum atomic E-state index is -2.94. The maximum atomic E-state index is 12.6. The molecule has 5 nitrogen and oxygen atoms in total. The Hall–Kier alpha value is -2.48. The van der Waals surface area contributed by atoms with E-state index in [1.165, 1.54) is 6.07 Å². The van der Waals surface area contributed by atoms with Gasteiger partial charge in [0.05, 0.1) is 19.1 Å². The summed E-state index contributed by atoms with van der Waals surface area (Å²) >= 11 is 3.29. The van der Waals surface area contributed by atoms with Gasteiger partial charge in [0.2, 0.25) is 5.89 Å². The van der Waals surface area contributed by atoms with Gasteiger partial charge in [0.25, 0.3) is 5.89 Å². The minimum Gasteiger partial charge on any atom is -0.497 e. The number of alkyl halides is 2. The fraction of sp³-hybridized carbons (Fsp3) is 0.176. The van der Waals surface area contributed by atoms with Gasteiger partial charge in [0.1, 0.15) is 11.5 Å². The quantitative estimate of drug-likeness (QED) is 0.589. The molecule has 3 rings (SSSR count). The zero-order chi connectivity index (χ0) is 17.8. The first-order chi connectivity index (χ1) is 12.0. The van der Waals surface area contributed by atoms with E-state index in [1.54, 1.807) is 19.2 Å². The molecule has 0 aliphatic carbocycles. The van der Waals surface area contributed by atoms with Gasteiger partial charge >= 0.3 is 6.61 Å². The highest BCUT2D eigenvalue weighted by Crippen LogP contribution is 2.33. The predicted octanol–water partition coefficient (Wildman–Crippen LogP) is 4.70. The first-order valence-electron chi connectivity index (χ1n) is 7.25. The number of benzene rings is 2. The Morgan fingerprint density at radius 3 is 2.56 bits per heavy atom. The lowest BCUT2D eigenvalue weighted by Crippen LogP contribution is -2.03. The van der Waals surface area contributed by atoms with Crippen molar-refractivity contribution in [2.24, 2.45) is 0 Å². The SMILES string of the molecule is COc1ccc(Cc2nnc(-c3cc(Br)ccc3OC(F)F)o2)cc1. The summed E-state index contributed by atoms with van der Waals surface area (Å²) in [6.07, 6.45) is 0.413. The number of aromatic nitrogens is 2. The van der Waals surface area contributed by atoms with Crippen LogP contribution in [0.2, 0.25) is 0 Å². The minimum absolute atomic E-state index is 0.0298. The maximum absolute atomic E-state index is 12.6. The second-order valence-corrected chi connectivity index (χ2v) is 5.96. The van der Waals surface area contributed by atoms with E-state index in [4.69, 9.17) is 9.15 Å². The van der Waals surface area contributed by atoms with Gasteiger partial charge in [-0.15, -0.1) is 10.2 Å². The Morgan fingerprint density at radius 1 is 1.12 bits per heavy atom. The molecular formula is C17H13BrF2N2O3. The van der Waals surface area contributed by atoms with E-state index in [9.17, 15) is 8.78 Å². The summed E-state index contributed by atoms with van der Waals surface area (Å²) in [6, 6.07) is 12.0. The van der Waals surface area contributed by atoms with Crippen molar-refractivity contribution in [1.29, 1.82) is 0 Å². The van der Waals surface area contributed by atoms with Crippen LogP contribution in [0.25, 0.3) is 11.5 Å². The summed E-state index contributed by atoms with van der Waals surface area (Å²) in [5.41, 5.74) is 1.25. The Balaban J connectivity index is 1.84. The van der Waals surface area contributed by atoms with Crippen LogP contribution < -0.4 is 9.47 Å². The molecule has 2 aromatic carbocycles. The Bertz CT molecular complexity index is 853. The summed E-state index contributed by atoms with van der Waals surface area (Å²) in [5.74, 6) is 1.19. The van der Waals surface area contributed by atoms with Crippen molar-refractivity contribution >= 4 is 15.9 Å². The molecule has 0 N–H and O–H groups in total. The van der Waals surface area contributed by atoms with Gasteiger partial charge in [0.15, 0.2) is 0 Å². The molecule has 0 saturated carbocycles. The van der Waals surface area contributed by atoms with Crippen molar-refractivity contribution in [2.75, 3.05) is 7.11 Å². The van der Waals surface area contributed by atoms with Crippen LogP contribution in [0.4, 0.5) is 8.78 Å². The third-order valence-corrected chi connectivity index (χ3v) is 3.86. The summed E-state index contributed by atoms with van der Waals surface area (Å²) in [6.45, 7) is -2.94. The summed E-state index contributed by atoms with van der Waals surface area (Å²) in [5, 5.41) is 7.91. The van der Waals surface area contributed by atoms with Crippen LogP contribution in [0.1, 0.15) is 11.5 Å². The van der Waals surface area contributed by atoms with Crippen LogP contribution in [0, 0.1) is 0 Å². The molecule has 0 fully saturated rings. The van der Waals surface area contributed by atoms with Crippen molar-refractivity contribution in [3.63, 3.8) is 0 Å². The maximum Gasteiger partial charge on any atom is 0.387 e. The summed E-state index contributed by atoms with van der Waals surface area (Å²) in [7, 11) is 1.59. The van der Waals surface area contributed by atoms with Gasteiger partial charge < -0.3 is 13.9 Å². The Morgan fingerprint density at radius 2 is 1.88 bits per heavy atom. The zero-order valence-corrected chi connectivity index (χ0v) is 14.7. The topological polar surface area (TPSA) is 57.4 Å². The fourth-order valence-electron chi connectivity index (χ4n) is 2.22. The number of rotatable bonds is 6. The van der Waals surface area contributed by atoms with Crippen molar-refractivity contribution in [1.82, 2.24) is 10.2 Å². The third-order valence-electron chi connectivity index (χ3n) is 3.37. The van der Waals surface area contributed by atoms with E-state index in [1.807, 2.05) is 24.3 Å². The molecule has 0 bridgehead atoms. The second kappa shape index (κ2) is 7.60. The molecule has 0 atom stereocenters. The van der Waals surface area contributed by atoms with E-state index >= 15 is 0 Å². The number of hydrogen-bond acceptors (Lipinski definition) is 5. The normalized spacial score (nSPS) is 10.9. The second-order valence-electron chi connectivity index (χ2n) is 5.04. The number of halogens is 3. The van der Waals surface area contributed by atoms with E-state index < -0.39 is 6.61 Å². The lowest BCUT2D eigenvalue weighted by Gasteiger charge is -2.08. The van der Waals surface area contributed by atoms with Gasteiger partial charge in [-0.05, 0) is 35.9 Å². The average molecular weight is 411 g/mol. The predicted molar refractivity (Wildman–Crippen MR) is 89.9 cm³/mol. The van der Waals surface area contributed by atoms with Gasteiger partial charge in [0, 0.05) is 4.47 Å². The van der Waals surface area contributed by atoms with Gasteiger partial charge in [-0.2, -0.15) is 8.78 Å². The van der Waals surface area contributed by atoms with Crippen LogP contribution >= 0.6 is 15.9 Å². The molecule has 25 heavy (non-hydrogen) atoms. The number of hydrogen-bond donors (Lipinski definition) is 0. The summed E-state index contributed by atoms with van der Waals surface area (Å²) < 4.78 is 41.0. The number of methoxy groups -OCH3 is 1. The highest BCUT2D eigenvalue weighted by molar-refractivity contribution is 9.10. The summed E-state index contributed by atoms with van der Waals surface area (Å²) in [4.78, 5) is 0. The van der Waals surface area contributed by atoms with Crippen LogP contribution in [-0.2, 0) is 6.42 Å². The van der Waals surface area contributed by atoms with Crippen molar-refractivity contribution in [3.8, 4) is 23.0 Å². The third kappa shape index (κ3) is 4.33. The lowest BCUT2D eigenvalue weighted by atomic mass is 10.1. The largest absolute Gasteiger partial charge is 0.497 e. The molecule has 0 amide bonds. The van der Waals surface area contributed by atoms with Gasteiger partial charge in [-0.25, -0.2) is 0 Å². The molecule has 130 valence electrons.